The summed E-state index contributed by atoms with van der Waals surface area (Å²) in [6.07, 6.45) is -2.01. The van der Waals surface area contributed by atoms with Crippen molar-refractivity contribution in [3.05, 3.63) is 23.3 Å². The van der Waals surface area contributed by atoms with E-state index in [1.165, 1.54) is 6.42 Å². The molecule has 24 heavy (non-hydrogen) atoms. The molecular formula is C17H25ClF3NO2. The predicted octanol–water partition coefficient (Wildman–Crippen LogP) is 4.39. The zero-order valence-electron chi connectivity index (χ0n) is 14.3. The summed E-state index contributed by atoms with van der Waals surface area (Å²) in [4.78, 5) is 2.30. The number of hydrogen-bond donors (Lipinski definition) is 0. The van der Waals surface area contributed by atoms with Crippen molar-refractivity contribution < 1.29 is 22.6 Å². The molecule has 7 heteroatoms. The van der Waals surface area contributed by atoms with Crippen LogP contribution in [0.3, 0.4) is 0 Å². The van der Waals surface area contributed by atoms with Crippen molar-refractivity contribution in [2.45, 2.75) is 32.9 Å². The maximum Gasteiger partial charge on any atom is 0.422 e. The van der Waals surface area contributed by atoms with Gasteiger partial charge in [-0.25, -0.2) is 0 Å². The number of halogens is 4. The molecule has 0 N–H and O–H groups in total. The number of piperidine rings is 1. The Balaban J connectivity index is 0.00000288. The zero-order chi connectivity index (χ0) is 17.0. The average molecular weight is 368 g/mol. The molecule has 0 spiro atoms. The molecule has 1 aromatic carbocycles. The quantitative estimate of drug-likeness (QED) is 0.770. The van der Waals surface area contributed by atoms with Gasteiger partial charge in [-0.1, -0.05) is 0 Å². The van der Waals surface area contributed by atoms with E-state index in [-0.39, 0.29) is 18.2 Å². The van der Waals surface area contributed by atoms with Crippen molar-refractivity contribution in [2.75, 3.05) is 33.4 Å². The summed E-state index contributed by atoms with van der Waals surface area (Å²) in [5.74, 6) is 1.47. The smallest absolute Gasteiger partial charge is 0.422 e. The molecule has 1 aliphatic heterocycles. The number of hydrogen-bond acceptors (Lipinski definition) is 3. The van der Waals surface area contributed by atoms with Crippen LogP contribution >= 0.6 is 12.4 Å². The van der Waals surface area contributed by atoms with E-state index in [0.717, 1.165) is 36.4 Å². The Morgan fingerprint density at radius 1 is 1.17 bits per heavy atom. The molecule has 1 atom stereocenters. The van der Waals surface area contributed by atoms with Crippen molar-refractivity contribution in [1.29, 1.82) is 0 Å². The van der Waals surface area contributed by atoms with Crippen molar-refractivity contribution in [2.24, 2.45) is 5.92 Å². The summed E-state index contributed by atoms with van der Waals surface area (Å²) in [6.45, 7) is 5.16. The number of likely N-dealkylation sites (tertiary alicyclic amines) is 1. The third kappa shape index (κ3) is 6.40. The van der Waals surface area contributed by atoms with Crippen molar-refractivity contribution >= 4 is 12.4 Å². The molecule has 138 valence electrons. The van der Waals surface area contributed by atoms with E-state index in [0.29, 0.717) is 12.5 Å². The summed E-state index contributed by atoms with van der Waals surface area (Å²) in [6, 6.07) is 3.20. The van der Waals surface area contributed by atoms with Crippen molar-refractivity contribution in [1.82, 2.24) is 4.90 Å². The van der Waals surface area contributed by atoms with Gasteiger partial charge in [0.1, 0.15) is 11.5 Å². The molecule has 0 aliphatic carbocycles. The third-order valence-corrected chi connectivity index (χ3v) is 4.02. The maximum atomic E-state index is 12.2. The van der Waals surface area contributed by atoms with E-state index in [1.807, 2.05) is 13.8 Å². The predicted molar refractivity (Wildman–Crippen MR) is 90.4 cm³/mol. The van der Waals surface area contributed by atoms with Crippen LogP contribution in [0.25, 0.3) is 0 Å². The molecule has 0 saturated carbocycles. The topological polar surface area (TPSA) is 21.7 Å². The minimum atomic E-state index is -4.33. The Labute approximate surface area is 147 Å². The van der Waals surface area contributed by atoms with Gasteiger partial charge >= 0.3 is 6.18 Å². The summed E-state index contributed by atoms with van der Waals surface area (Å²) in [7, 11) is 2.11. The highest BCUT2D eigenvalue weighted by Gasteiger charge is 2.28. The lowest BCUT2D eigenvalue weighted by Crippen LogP contribution is -2.34. The first-order valence-electron chi connectivity index (χ1n) is 7.87. The number of rotatable bonds is 5. The van der Waals surface area contributed by atoms with Gasteiger partial charge in [-0.15, -0.1) is 12.4 Å². The fourth-order valence-corrected chi connectivity index (χ4v) is 3.00. The van der Waals surface area contributed by atoms with E-state index in [4.69, 9.17) is 9.47 Å². The molecule has 1 heterocycles. The van der Waals surface area contributed by atoms with Crippen LogP contribution in [0.15, 0.2) is 12.1 Å². The van der Waals surface area contributed by atoms with E-state index >= 15 is 0 Å². The van der Waals surface area contributed by atoms with Crippen LogP contribution in [0.2, 0.25) is 0 Å². The average Bonchev–Trinajstić information content (AvgIpc) is 2.43. The van der Waals surface area contributed by atoms with Crippen LogP contribution in [0.1, 0.15) is 24.0 Å². The molecule has 0 bridgehead atoms. The van der Waals surface area contributed by atoms with Crippen LogP contribution < -0.4 is 9.47 Å². The molecule has 1 saturated heterocycles. The van der Waals surface area contributed by atoms with E-state index in [9.17, 15) is 13.2 Å². The van der Waals surface area contributed by atoms with Gasteiger partial charge in [-0.2, -0.15) is 13.2 Å². The van der Waals surface area contributed by atoms with Gasteiger partial charge in [-0.05, 0) is 63.5 Å². The van der Waals surface area contributed by atoms with Crippen LogP contribution in [0.4, 0.5) is 13.2 Å². The van der Waals surface area contributed by atoms with Crippen LogP contribution in [-0.4, -0.2) is 44.4 Å². The number of alkyl halides is 3. The summed E-state index contributed by atoms with van der Waals surface area (Å²) in [5.41, 5.74) is 1.60. The minimum Gasteiger partial charge on any atom is -0.493 e. The second kappa shape index (κ2) is 8.81. The van der Waals surface area contributed by atoms with Crippen LogP contribution in [0, 0.1) is 19.8 Å². The molecule has 1 unspecified atom stereocenters. The Hall–Kier alpha value is -1.14. The van der Waals surface area contributed by atoms with Gasteiger partial charge in [0.25, 0.3) is 0 Å². The molecule has 2 rings (SSSR count). The molecule has 1 aromatic rings. The number of benzene rings is 1. The highest BCUT2D eigenvalue weighted by molar-refractivity contribution is 5.85. The standard InChI is InChI=1S/C17H24F3NO2.ClH/c1-12-7-15(23-11-17(18,19)20)8-13(2)16(12)22-10-14-5-4-6-21(3)9-14;/h7-8,14H,4-6,9-11H2,1-3H3;1H. The lowest BCUT2D eigenvalue weighted by Gasteiger charge is -2.29. The first kappa shape index (κ1) is 20.9. The molecule has 1 aliphatic rings. The zero-order valence-corrected chi connectivity index (χ0v) is 15.1. The Morgan fingerprint density at radius 3 is 2.33 bits per heavy atom. The molecule has 3 nitrogen and oxygen atoms in total. The molecule has 1 fully saturated rings. The van der Waals surface area contributed by atoms with Crippen LogP contribution in [-0.2, 0) is 0 Å². The minimum absolute atomic E-state index is 0. The second-order valence-electron chi connectivity index (χ2n) is 6.37. The lowest BCUT2D eigenvalue weighted by molar-refractivity contribution is -0.153. The first-order chi connectivity index (χ1) is 10.7. The van der Waals surface area contributed by atoms with Crippen molar-refractivity contribution in [3.8, 4) is 11.5 Å². The normalized spacial score (nSPS) is 18.8. The van der Waals surface area contributed by atoms with E-state index in [1.54, 1.807) is 12.1 Å². The molecule has 0 amide bonds. The van der Waals surface area contributed by atoms with Gasteiger partial charge in [-0.3, -0.25) is 0 Å². The summed E-state index contributed by atoms with van der Waals surface area (Å²) >= 11 is 0. The first-order valence-corrected chi connectivity index (χ1v) is 7.87. The van der Waals surface area contributed by atoms with Gasteiger partial charge in [0.05, 0.1) is 6.61 Å². The monoisotopic (exact) mass is 367 g/mol. The largest absolute Gasteiger partial charge is 0.493 e. The van der Waals surface area contributed by atoms with Gasteiger partial charge in [0, 0.05) is 12.5 Å². The SMILES string of the molecule is Cc1cc(OCC(F)(F)F)cc(C)c1OCC1CCCN(C)C1.Cl. The summed E-state index contributed by atoms with van der Waals surface area (Å²) < 4.78 is 47.4. The Morgan fingerprint density at radius 2 is 1.79 bits per heavy atom. The highest BCUT2D eigenvalue weighted by Crippen LogP contribution is 2.30. The third-order valence-electron chi connectivity index (χ3n) is 4.02. The summed E-state index contributed by atoms with van der Waals surface area (Å²) in [5, 5.41) is 0. The van der Waals surface area contributed by atoms with E-state index < -0.39 is 12.8 Å². The number of aryl methyl sites for hydroxylation is 2. The fraction of sp³-hybridized carbons (Fsp3) is 0.647. The lowest BCUT2D eigenvalue weighted by atomic mass is 9.99. The second-order valence-corrected chi connectivity index (χ2v) is 6.37. The molecular weight excluding hydrogens is 343 g/mol. The van der Waals surface area contributed by atoms with Crippen molar-refractivity contribution in [3.63, 3.8) is 0 Å². The maximum absolute atomic E-state index is 12.2. The van der Waals surface area contributed by atoms with Gasteiger partial charge < -0.3 is 14.4 Å². The number of ether oxygens (including phenoxy) is 2. The molecule has 0 aromatic heterocycles. The Kier molecular flexibility index (Phi) is 7.67. The molecule has 0 radical (unpaired) electrons. The fourth-order valence-electron chi connectivity index (χ4n) is 3.00. The Bertz CT molecular complexity index is 514. The van der Waals surface area contributed by atoms with E-state index in [2.05, 4.69) is 11.9 Å². The highest BCUT2D eigenvalue weighted by atomic mass is 35.5. The van der Waals surface area contributed by atoms with Gasteiger partial charge in [0.2, 0.25) is 0 Å². The van der Waals surface area contributed by atoms with Gasteiger partial charge in [0.15, 0.2) is 6.61 Å². The van der Waals surface area contributed by atoms with Crippen LogP contribution in [0.5, 0.6) is 11.5 Å². The number of nitrogens with zero attached hydrogens (tertiary/aromatic N) is 1.